The summed E-state index contributed by atoms with van der Waals surface area (Å²) in [5.74, 6) is 3.69. The SMILES string of the molecule is CN(C)Cc1ccc(CSCCN2C(=O)CSC2c2cccn2S(=O)(=O)c2ccccc2)o1. The predicted molar refractivity (Wildman–Crippen MR) is 133 cm³/mol. The zero-order valence-corrected chi connectivity index (χ0v) is 21.0. The molecule has 1 atom stereocenters. The molecule has 7 nitrogen and oxygen atoms in total. The summed E-state index contributed by atoms with van der Waals surface area (Å²) in [6.45, 7) is 1.31. The highest BCUT2D eigenvalue weighted by Crippen LogP contribution is 2.39. The standard InChI is InChI=1S/C23H27N3O4S3/c1-24(2)15-18-10-11-19(30-18)16-31-14-13-25-22(27)17-32-23(25)21-9-6-12-26(21)33(28,29)20-7-4-3-5-8-20/h3-12,23H,13-17H2,1-2H3. The van der Waals surface area contributed by atoms with Gasteiger partial charge in [0.15, 0.2) is 0 Å². The average molecular weight is 506 g/mol. The highest BCUT2D eigenvalue weighted by Gasteiger charge is 2.36. The molecule has 1 aliphatic heterocycles. The zero-order valence-electron chi connectivity index (χ0n) is 18.6. The number of aromatic nitrogens is 1. The minimum atomic E-state index is -3.73. The second kappa shape index (κ2) is 10.4. The number of rotatable bonds is 10. The Kier molecular flexibility index (Phi) is 7.58. The molecule has 3 aromatic rings. The molecule has 0 bridgehead atoms. The fraction of sp³-hybridized carbons (Fsp3) is 0.348. The van der Waals surface area contributed by atoms with Crippen molar-refractivity contribution in [1.82, 2.24) is 13.8 Å². The quantitative estimate of drug-likeness (QED) is 0.387. The van der Waals surface area contributed by atoms with E-state index in [9.17, 15) is 13.2 Å². The number of thioether (sulfide) groups is 2. The number of carbonyl (C=O) groups is 1. The Morgan fingerprint density at radius 1 is 1.09 bits per heavy atom. The molecule has 2 aromatic heterocycles. The molecule has 1 aliphatic rings. The van der Waals surface area contributed by atoms with Crippen LogP contribution < -0.4 is 0 Å². The van der Waals surface area contributed by atoms with Crippen LogP contribution in [0.15, 0.2) is 70.1 Å². The van der Waals surface area contributed by atoms with Crippen LogP contribution in [0.2, 0.25) is 0 Å². The van der Waals surface area contributed by atoms with Crippen molar-refractivity contribution in [3.63, 3.8) is 0 Å². The summed E-state index contributed by atoms with van der Waals surface area (Å²) in [5, 5.41) is -0.332. The van der Waals surface area contributed by atoms with Crippen LogP contribution in [-0.2, 0) is 27.1 Å². The van der Waals surface area contributed by atoms with Gasteiger partial charge in [0.25, 0.3) is 10.0 Å². The van der Waals surface area contributed by atoms with E-state index in [-0.39, 0.29) is 16.2 Å². The smallest absolute Gasteiger partial charge is 0.267 e. The van der Waals surface area contributed by atoms with Gasteiger partial charge in [-0.3, -0.25) is 4.79 Å². The number of amides is 1. The Morgan fingerprint density at radius 3 is 2.61 bits per heavy atom. The monoisotopic (exact) mass is 505 g/mol. The molecule has 0 spiro atoms. The third-order valence-corrected chi connectivity index (χ3v) is 9.08. The molecule has 176 valence electrons. The van der Waals surface area contributed by atoms with Gasteiger partial charge in [0.1, 0.15) is 16.9 Å². The van der Waals surface area contributed by atoms with E-state index in [1.54, 1.807) is 65.3 Å². The summed E-state index contributed by atoms with van der Waals surface area (Å²) < 4.78 is 33.5. The molecule has 4 rings (SSSR count). The minimum absolute atomic E-state index is 0.0294. The molecule has 1 saturated heterocycles. The van der Waals surface area contributed by atoms with Crippen LogP contribution in [0, 0.1) is 0 Å². The lowest BCUT2D eigenvalue weighted by atomic mass is 10.3. The van der Waals surface area contributed by atoms with Crippen LogP contribution in [0.3, 0.4) is 0 Å². The van der Waals surface area contributed by atoms with Crippen molar-refractivity contribution in [3.05, 3.63) is 78.0 Å². The Bertz CT molecular complexity index is 1190. The second-order valence-corrected chi connectivity index (χ2v) is 11.9. The van der Waals surface area contributed by atoms with Crippen LogP contribution in [0.4, 0.5) is 0 Å². The number of benzene rings is 1. The zero-order chi connectivity index (χ0) is 23.4. The summed E-state index contributed by atoms with van der Waals surface area (Å²) in [6.07, 6.45) is 1.55. The van der Waals surface area contributed by atoms with Gasteiger partial charge in [-0.25, -0.2) is 12.4 Å². The molecule has 1 amide bonds. The first-order valence-electron chi connectivity index (χ1n) is 10.6. The lowest BCUT2D eigenvalue weighted by Gasteiger charge is -2.25. The van der Waals surface area contributed by atoms with Gasteiger partial charge in [-0.05, 0) is 50.5 Å². The minimum Gasteiger partial charge on any atom is -0.464 e. The Labute approximate surface area is 203 Å². The van der Waals surface area contributed by atoms with E-state index < -0.39 is 10.0 Å². The van der Waals surface area contributed by atoms with Crippen molar-refractivity contribution >= 4 is 39.5 Å². The summed E-state index contributed by atoms with van der Waals surface area (Å²) in [4.78, 5) is 16.7. The number of hydrogen-bond acceptors (Lipinski definition) is 7. The number of hydrogen-bond donors (Lipinski definition) is 0. The molecule has 1 fully saturated rings. The van der Waals surface area contributed by atoms with Gasteiger partial charge in [-0.15, -0.1) is 11.8 Å². The van der Waals surface area contributed by atoms with Crippen LogP contribution >= 0.6 is 23.5 Å². The maximum absolute atomic E-state index is 13.2. The maximum Gasteiger partial charge on any atom is 0.267 e. The Balaban J connectivity index is 1.41. The molecule has 0 saturated carbocycles. The number of furan rings is 1. The van der Waals surface area contributed by atoms with Crippen molar-refractivity contribution < 1.29 is 17.6 Å². The van der Waals surface area contributed by atoms with Crippen LogP contribution in [0.1, 0.15) is 22.6 Å². The summed E-state index contributed by atoms with van der Waals surface area (Å²) in [6, 6.07) is 15.8. The third-order valence-electron chi connectivity index (χ3n) is 5.17. The summed E-state index contributed by atoms with van der Waals surface area (Å²) in [7, 11) is 0.272. The molecule has 33 heavy (non-hydrogen) atoms. The second-order valence-electron chi connectivity index (χ2n) is 7.96. The Hall–Kier alpha value is -2.14. The van der Waals surface area contributed by atoms with Crippen LogP contribution in [0.5, 0.6) is 0 Å². The van der Waals surface area contributed by atoms with E-state index in [1.165, 1.54) is 15.7 Å². The lowest BCUT2D eigenvalue weighted by Crippen LogP contribution is -2.32. The van der Waals surface area contributed by atoms with Crippen molar-refractivity contribution in [1.29, 1.82) is 0 Å². The van der Waals surface area contributed by atoms with E-state index >= 15 is 0 Å². The highest BCUT2D eigenvalue weighted by atomic mass is 32.2. The maximum atomic E-state index is 13.2. The van der Waals surface area contributed by atoms with Gasteiger partial charge in [-0.2, -0.15) is 11.8 Å². The van der Waals surface area contributed by atoms with Gasteiger partial charge < -0.3 is 14.2 Å². The molecule has 0 radical (unpaired) electrons. The van der Waals surface area contributed by atoms with Crippen LogP contribution in [-0.4, -0.2) is 60.2 Å². The molecule has 1 aromatic carbocycles. The lowest BCUT2D eigenvalue weighted by molar-refractivity contribution is -0.127. The topological polar surface area (TPSA) is 75.8 Å². The molecule has 1 unspecified atom stereocenters. The normalized spacial score (nSPS) is 16.8. The van der Waals surface area contributed by atoms with Gasteiger partial charge in [0.2, 0.25) is 5.91 Å². The van der Waals surface area contributed by atoms with Crippen LogP contribution in [0.25, 0.3) is 0 Å². The third kappa shape index (κ3) is 5.51. The number of nitrogens with zero attached hydrogens (tertiary/aromatic N) is 3. The Morgan fingerprint density at radius 2 is 1.85 bits per heavy atom. The largest absolute Gasteiger partial charge is 0.464 e. The van der Waals surface area contributed by atoms with Crippen molar-refractivity contribution in [2.45, 2.75) is 22.6 Å². The van der Waals surface area contributed by atoms with Crippen molar-refractivity contribution in [3.8, 4) is 0 Å². The van der Waals surface area contributed by atoms with Gasteiger partial charge in [0, 0.05) is 18.5 Å². The van der Waals surface area contributed by atoms with E-state index in [1.807, 2.05) is 26.2 Å². The molecular weight excluding hydrogens is 478 g/mol. The molecule has 0 N–H and O–H groups in total. The van der Waals surface area contributed by atoms with E-state index in [2.05, 4.69) is 4.90 Å². The molecule has 3 heterocycles. The fourth-order valence-corrected chi connectivity index (χ4v) is 7.19. The van der Waals surface area contributed by atoms with Gasteiger partial charge >= 0.3 is 0 Å². The van der Waals surface area contributed by atoms with Gasteiger partial charge in [-0.1, -0.05) is 18.2 Å². The molecular formula is C23H27N3O4S3. The number of carbonyl (C=O) groups excluding carboxylic acids is 1. The van der Waals surface area contributed by atoms with Gasteiger partial charge in [0.05, 0.1) is 28.6 Å². The van der Waals surface area contributed by atoms with Crippen molar-refractivity contribution in [2.75, 3.05) is 32.1 Å². The summed E-state index contributed by atoms with van der Waals surface area (Å²) >= 11 is 3.16. The molecule has 10 heteroatoms. The average Bonchev–Trinajstić information content (AvgIpc) is 3.52. The van der Waals surface area contributed by atoms with E-state index in [0.717, 1.165) is 29.6 Å². The first kappa shape index (κ1) is 24.0. The molecule has 0 aliphatic carbocycles. The van der Waals surface area contributed by atoms with E-state index in [0.29, 0.717) is 18.0 Å². The first-order valence-corrected chi connectivity index (χ1v) is 14.2. The van der Waals surface area contributed by atoms with Crippen molar-refractivity contribution in [2.24, 2.45) is 0 Å². The summed E-state index contributed by atoms with van der Waals surface area (Å²) in [5.41, 5.74) is 0.596. The fourth-order valence-electron chi connectivity index (χ4n) is 3.67. The first-order chi connectivity index (χ1) is 15.9. The predicted octanol–water partition coefficient (Wildman–Crippen LogP) is 3.89. The highest BCUT2D eigenvalue weighted by molar-refractivity contribution is 8.00. The van der Waals surface area contributed by atoms with E-state index in [4.69, 9.17) is 4.42 Å².